The minimum atomic E-state index is 0.0377. The molecule has 4 rings (SSSR count). The number of fused-ring (bicyclic) bond motifs is 1. The summed E-state index contributed by atoms with van der Waals surface area (Å²) in [5.41, 5.74) is 3.35. The van der Waals surface area contributed by atoms with E-state index in [9.17, 15) is 9.59 Å². The van der Waals surface area contributed by atoms with Crippen molar-refractivity contribution in [3.63, 3.8) is 0 Å². The van der Waals surface area contributed by atoms with Crippen LogP contribution in [0.25, 0.3) is 11.0 Å². The molecule has 0 aromatic carbocycles. The number of rotatable bonds is 5. The molecule has 1 N–H and O–H groups in total. The first-order valence-electron chi connectivity index (χ1n) is 10.5. The van der Waals surface area contributed by atoms with Crippen LogP contribution in [0.2, 0.25) is 0 Å². The average molecular weight is 399 g/mol. The molecule has 3 heterocycles. The van der Waals surface area contributed by atoms with E-state index in [4.69, 9.17) is 4.98 Å². The van der Waals surface area contributed by atoms with Crippen LogP contribution >= 0.6 is 0 Å². The summed E-state index contributed by atoms with van der Waals surface area (Å²) in [6.07, 6.45) is 2.28. The molecule has 8 nitrogen and oxygen atoms in total. The number of hydrogen-bond donors (Lipinski definition) is 1. The van der Waals surface area contributed by atoms with Crippen LogP contribution in [0.1, 0.15) is 54.4 Å². The summed E-state index contributed by atoms with van der Waals surface area (Å²) >= 11 is 0. The molecule has 2 fully saturated rings. The Labute approximate surface area is 171 Å². The van der Waals surface area contributed by atoms with Gasteiger partial charge in [-0.1, -0.05) is 0 Å². The maximum absolute atomic E-state index is 13.4. The highest BCUT2D eigenvalue weighted by Crippen LogP contribution is 2.40. The Bertz CT molecular complexity index is 938. The van der Waals surface area contributed by atoms with Crippen molar-refractivity contribution in [2.24, 2.45) is 7.05 Å². The Kier molecular flexibility index (Phi) is 5.29. The van der Waals surface area contributed by atoms with E-state index in [-0.39, 0.29) is 17.9 Å². The van der Waals surface area contributed by atoms with Crippen LogP contribution in [0, 0.1) is 6.92 Å². The third-order valence-electron chi connectivity index (χ3n) is 5.69. The maximum Gasteiger partial charge on any atom is 0.254 e. The predicted molar refractivity (Wildman–Crippen MR) is 111 cm³/mol. The molecule has 0 atom stereocenters. The second-order valence-corrected chi connectivity index (χ2v) is 8.57. The maximum atomic E-state index is 13.4. The Balaban J connectivity index is 1.50. The molecule has 1 saturated carbocycles. The van der Waals surface area contributed by atoms with Crippen LogP contribution in [0.5, 0.6) is 0 Å². The molecule has 1 aliphatic heterocycles. The van der Waals surface area contributed by atoms with Crippen LogP contribution < -0.4 is 5.32 Å². The average Bonchev–Trinajstić information content (AvgIpc) is 3.47. The van der Waals surface area contributed by atoms with E-state index in [0.29, 0.717) is 44.2 Å². The topological polar surface area (TPSA) is 83.4 Å². The van der Waals surface area contributed by atoms with Crippen molar-refractivity contribution in [2.45, 2.75) is 45.6 Å². The lowest BCUT2D eigenvalue weighted by Crippen LogP contribution is -2.51. The number of aryl methyl sites for hydroxylation is 2. The molecule has 0 spiro atoms. The van der Waals surface area contributed by atoms with Crippen molar-refractivity contribution >= 4 is 22.8 Å². The standard InChI is InChI=1S/C21H30N6O2/c1-13(2)22-18(28)12-26-7-9-27(10-8-26)21(29)16-11-17(15-5-6-15)23-20-19(16)14(3)24-25(20)4/h11,13,15H,5-10,12H2,1-4H3,(H,22,28). The lowest BCUT2D eigenvalue weighted by atomic mass is 10.1. The van der Waals surface area contributed by atoms with E-state index in [2.05, 4.69) is 15.3 Å². The molecule has 2 aromatic rings. The Morgan fingerprint density at radius 3 is 2.52 bits per heavy atom. The van der Waals surface area contributed by atoms with Crippen LogP contribution in [0.4, 0.5) is 0 Å². The van der Waals surface area contributed by atoms with Crippen molar-refractivity contribution in [3.8, 4) is 0 Å². The summed E-state index contributed by atoms with van der Waals surface area (Å²) < 4.78 is 1.78. The molecule has 0 unspecified atom stereocenters. The van der Waals surface area contributed by atoms with Crippen LogP contribution in [-0.2, 0) is 11.8 Å². The monoisotopic (exact) mass is 398 g/mol. The van der Waals surface area contributed by atoms with Gasteiger partial charge in [-0.25, -0.2) is 4.98 Å². The number of nitrogens with one attached hydrogen (secondary N) is 1. The number of amides is 2. The highest BCUT2D eigenvalue weighted by Gasteiger charge is 2.30. The molecule has 2 aliphatic rings. The van der Waals surface area contributed by atoms with Crippen molar-refractivity contribution in [3.05, 3.63) is 23.0 Å². The summed E-state index contributed by atoms with van der Waals surface area (Å²) in [6, 6.07) is 2.13. The normalized spacial score (nSPS) is 17.9. The Morgan fingerprint density at radius 1 is 1.21 bits per heavy atom. The summed E-state index contributed by atoms with van der Waals surface area (Å²) in [6.45, 7) is 8.88. The van der Waals surface area contributed by atoms with Gasteiger partial charge in [0.1, 0.15) is 0 Å². The zero-order chi connectivity index (χ0) is 20.7. The number of nitrogens with zero attached hydrogens (tertiary/aromatic N) is 5. The van der Waals surface area contributed by atoms with Gasteiger partial charge in [0.15, 0.2) is 5.65 Å². The highest BCUT2D eigenvalue weighted by molar-refractivity contribution is 6.06. The SMILES string of the molecule is Cc1nn(C)c2nc(C3CC3)cc(C(=O)N3CCN(CC(=O)NC(C)C)CC3)c12. The molecule has 29 heavy (non-hydrogen) atoms. The zero-order valence-electron chi connectivity index (χ0n) is 17.7. The fourth-order valence-corrected chi connectivity index (χ4v) is 4.07. The van der Waals surface area contributed by atoms with Gasteiger partial charge in [0.2, 0.25) is 5.91 Å². The number of carbonyl (C=O) groups excluding carboxylic acids is 2. The van der Waals surface area contributed by atoms with Gasteiger partial charge >= 0.3 is 0 Å². The summed E-state index contributed by atoms with van der Waals surface area (Å²) in [5.74, 6) is 0.551. The molecule has 2 amide bonds. The van der Waals surface area contributed by atoms with Crippen molar-refractivity contribution in [1.29, 1.82) is 0 Å². The molecular formula is C21H30N6O2. The lowest BCUT2D eigenvalue weighted by Gasteiger charge is -2.34. The van der Waals surface area contributed by atoms with Crippen LogP contribution in [-0.4, -0.2) is 75.1 Å². The van der Waals surface area contributed by atoms with Crippen molar-refractivity contribution < 1.29 is 9.59 Å². The van der Waals surface area contributed by atoms with Gasteiger partial charge in [0.05, 0.1) is 23.2 Å². The van der Waals surface area contributed by atoms with Crippen molar-refractivity contribution in [2.75, 3.05) is 32.7 Å². The van der Waals surface area contributed by atoms with Gasteiger partial charge in [-0.3, -0.25) is 19.2 Å². The van der Waals surface area contributed by atoms with E-state index < -0.39 is 0 Å². The molecule has 0 radical (unpaired) electrons. The van der Waals surface area contributed by atoms with Gasteiger partial charge < -0.3 is 10.2 Å². The second kappa shape index (κ2) is 7.74. The quantitative estimate of drug-likeness (QED) is 0.824. The van der Waals surface area contributed by atoms with Gasteiger partial charge in [-0.05, 0) is 39.7 Å². The molecule has 1 saturated heterocycles. The second-order valence-electron chi connectivity index (χ2n) is 8.57. The lowest BCUT2D eigenvalue weighted by molar-refractivity contribution is -0.123. The number of carbonyl (C=O) groups is 2. The van der Waals surface area contributed by atoms with Crippen molar-refractivity contribution in [1.82, 2.24) is 29.9 Å². The summed E-state index contributed by atoms with van der Waals surface area (Å²) in [5, 5.41) is 8.28. The Hall–Kier alpha value is -2.48. The van der Waals surface area contributed by atoms with Gasteiger partial charge in [-0.2, -0.15) is 5.10 Å². The van der Waals surface area contributed by atoms with Gasteiger partial charge in [-0.15, -0.1) is 0 Å². The van der Waals surface area contributed by atoms with E-state index >= 15 is 0 Å². The van der Waals surface area contributed by atoms with E-state index in [0.717, 1.165) is 35.3 Å². The van der Waals surface area contributed by atoms with Crippen LogP contribution in [0.15, 0.2) is 6.07 Å². The minimum Gasteiger partial charge on any atom is -0.353 e. The molecule has 8 heteroatoms. The fourth-order valence-electron chi connectivity index (χ4n) is 4.07. The van der Waals surface area contributed by atoms with E-state index in [1.54, 1.807) is 4.68 Å². The minimum absolute atomic E-state index is 0.0377. The molecular weight excluding hydrogens is 368 g/mol. The number of hydrogen-bond acceptors (Lipinski definition) is 5. The molecule has 2 aromatic heterocycles. The third kappa shape index (κ3) is 4.12. The summed E-state index contributed by atoms with van der Waals surface area (Å²) in [4.78, 5) is 34.2. The van der Waals surface area contributed by atoms with Gasteiger partial charge in [0.25, 0.3) is 5.91 Å². The van der Waals surface area contributed by atoms with E-state index in [1.807, 2.05) is 38.8 Å². The predicted octanol–water partition coefficient (Wildman–Crippen LogP) is 1.44. The number of piperazine rings is 1. The molecule has 0 bridgehead atoms. The molecule has 1 aliphatic carbocycles. The highest BCUT2D eigenvalue weighted by atomic mass is 16.2. The summed E-state index contributed by atoms with van der Waals surface area (Å²) in [7, 11) is 1.88. The molecule has 156 valence electrons. The largest absolute Gasteiger partial charge is 0.353 e. The zero-order valence-corrected chi connectivity index (χ0v) is 17.7. The Morgan fingerprint density at radius 2 is 1.90 bits per heavy atom. The smallest absolute Gasteiger partial charge is 0.254 e. The van der Waals surface area contributed by atoms with Gasteiger partial charge in [0, 0.05) is 50.9 Å². The third-order valence-corrected chi connectivity index (χ3v) is 5.69. The first-order chi connectivity index (χ1) is 13.8. The number of pyridine rings is 1. The number of aromatic nitrogens is 3. The van der Waals surface area contributed by atoms with E-state index in [1.165, 1.54) is 0 Å². The first kappa shape index (κ1) is 19.8. The first-order valence-corrected chi connectivity index (χ1v) is 10.5. The van der Waals surface area contributed by atoms with Crippen LogP contribution in [0.3, 0.4) is 0 Å². The fraction of sp³-hybridized carbons (Fsp3) is 0.619.